The first kappa shape index (κ1) is 27.8. The number of ether oxygens (including phenoxy) is 2. The van der Waals surface area contributed by atoms with Crippen molar-refractivity contribution in [2.75, 3.05) is 38.3 Å². The average Bonchev–Trinajstić information content (AvgIpc) is 3.44. The Morgan fingerprint density at radius 2 is 2.06 bits per heavy atom. The summed E-state index contributed by atoms with van der Waals surface area (Å²) in [5.74, 6) is -2.05. The molecular weight excluding hydrogens is 512 g/mol. The van der Waals surface area contributed by atoms with Gasteiger partial charge in [0.25, 0.3) is 11.8 Å². The predicted octanol–water partition coefficient (Wildman–Crippen LogP) is 1.96. The second kappa shape index (κ2) is 12.5. The molecule has 1 fully saturated rings. The summed E-state index contributed by atoms with van der Waals surface area (Å²) in [5, 5.41) is 16.0. The van der Waals surface area contributed by atoms with Crippen LogP contribution in [0.25, 0.3) is 0 Å². The zero-order chi connectivity index (χ0) is 26.4. The number of halogens is 1. The minimum atomic E-state index is -1.23. The van der Waals surface area contributed by atoms with Gasteiger partial charge in [0.2, 0.25) is 0 Å². The van der Waals surface area contributed by atoms with Crippen LogP contribution < -0.4 is 15.5 Å². The molecule has 0 aliphatic carbocycles. The molecule has 12 nitrogen and oxygen atoms in total. The lowest BCUT2D eigenvalue weighted by molar-refractivity contribution is 0.0271. The number of carboxylic acids is 1. The van der Waals surface area contributed by atoms with E-state index in [4.69, 9.17) is 21.1 Å². The highest BCUT2D eigenvalue weighted by molar-refractivity contribution is 7.17. The van der Waals surface area contributed by atoms with Gasteiger partial charge in [0.05, 0.1) is 24.4 Å². The molecule has 2 aromatic rings. The van der Waals surface area contributed by atoms with Crippen LogP contribution in [0.4, 0.5) is 5.13 Å². The lowest BCUT2D eigenvalue weighted by Gasteiger charge is -2.38. The Labute approximate surface area is 217 Å². The molecule has 4 N–H and O–H groups in total. The molecule has 1 unspecified atom stereocenters. The van der Waals surface area contributed by atoms with Crippen molar-refractivity contribution in [2.24, 2.45) is 0 Å². The van der Waals surface area contributed by atoms with Crippen LogP contribution >= 0.6 is 22.9 Å². The number of aromatic amines is 1. The van der Waals surface area contributed by atoms with Gasteiger partial charge in [-0.15, -0.1) is 0 Å². The van der Waals surface area contributed by atoms with E-state index in [0.29, 0.717) is 43.4 Å². The van der Waals surface area contributed by atoms with Crippen molar-refractivity contribution in [3.05, 3.63) is 27.2 Å². The molecule has 0 saturated carbocycles. The van der Waals surface area contributed by atoms with E-state index < -0.39 is 11.9 Å². The van der Waals surface area contributed by atoms with Crippen LogP contribution in [0.5, 0.6) is 0 Å². The van der Waals surface area contributed by atoms with E-state index in [9.17, 15) is 19.5 Å². The summed E-state index contributed by atoms with van der Waals surface area (Å²) in [6.45, 7) is 7.04. The second-order valence-electron chi connectivity index (χ2n) is 8.33. The van der Waals surface area contributed by atoms with Crippen molar-refractivity contribution in [1.82, 2.24) is 25.6 Å². The number of amides is 2. The van der Waals surface area contributed by atoms with Crippen molar-refractivity contribution < 1.29 is 29.0 Å². The van der Waals surface area contributed by atoms with Gasteiger partial charge in [-0.1, -0.05) is 29.9 Å². The first-order valence-corrected chi connectivity index (χ1v) is 12.8. The van der Waals surface area contributed by atoms with Crippen molar-refractivity contribution in [3.63, 3.8) is 0 Å². The largest absolute Gasteiger partial charge is 0.477 e. The minimum Gasteiger partial charge on any atom is -0.477 e. The lowest BCUT2D eigenvalue weighted by atomic mass is 10.0. The number of hydrogen-bond acceptors (Lipinski definition) is 9. The Morgan fingerprint density at radius 1 is 1.31 bits per heavy atom. The number of aryl methyl sites for hydroxylation is 1. The molecule has 0 bridgehead atoms. The fourth-order valence-electron chi connectivity index (χ4n) is 3.93. The molecule has 3 rings (SSSR count). The molecule has 14 heteroatoms. The first-order valence-electron chi connectivity index (χ1n) is 11.6. The van der Waals surface area contributed by atoms with Crippen LogP contribution in [0.2, 0.25) is 5.15 Å². The van der Waals surface area contributed by atoms with E-state index in [2.05, 4.69) is 25.6 Å². The highest BCUT2D eigenvalue weighted by atomic mass is 35.5. The summed E-state index contributed by atoms with van der Waals surface area (Å²) in [6, 6.07) is -0.618. The number of aromatic nitrogens is 3. The SMILES string of the molecule is CCO[C@H]1CN(c2nc(C(=O)NC(C)COC)c(C(=O)O)s2)CC[C@H]1NC(=O)c1nc(Cl)c(CC)[nH]1. The number of anilines is 1. The number of methoxy groups -OCH3 is 1. The molecule has 36 heavy (non-hydrogen) atoms. The van der Waals surface area contributed by atoms with Crippen LogP contribution in [0, 0.1) is 0 Å². The van der Waals surface area contributed by atoms with Crippen molar-refractivity contribution >= 4 is 45.9 Å². The van der Waals surface area contributed by atoms with Gasteiger partial charge in [-0.25, -0.2) is 14.8 Å². The first-order chi connectivity index (χ1) is 17.2. The number of rotatable bonds is 11. The maximum atomic E-state index is 12.8. The standard InChI is InChI=1S/C22H31ClN6O6S/c1-5-12-17(23)28-18(25-12)20(31)26-13-7-8-29(9-14(13)35-6-2)22-27-15(16(36-22)21(32)33)19(30)24-11(3)10-34-4/h11,13-14H,5-10H2,1-4H3,(H,24,30)(H,25,28)(H,26,31)(H,32,33)/t11?,13-,14+/m1/s1. The van der Waals surface area contributed by atoms with Gasteiger partial charge < -0.3 is 35.1 Å². The molecular formula is C22H31ClN6O6S. The number of nitrogens with one attached hydrogen (secondary N) is 3. The summed E-state index contributed by atoms with van der Waals surface area (Å²) in [7, 11) is 1.51. The minimum absolute atomic E-state index is 0.138. The van der Waals surface area contributed by atoms with Gasteiger partial charge in [0.15, 0.2) is 21.8 Å². The Kier molecular flexibility index (Phi) is 9.65. The van der Waals surface area contributed by atoms with Gasteiger partial charge in [0, 0.05) is 32.8 Å². The van der Waals surface area contributed by atoms with Crippen LogP contribution in [0.1, 0.15) is 63.7 Å². The summed E-state index contributed by atoms with van der Waals surface area (Å²) >= 11 is 7.00. The third kappa shape index (κ3) is 6.52. The van der Waals surface area contributed by atoms with Gasteiger partial charge >= 0.3 is 5.97 Å². The van der Waals surface area contributed by atoms with Gasteiger partial charge in [-0.2, -0.15) is 0 Å². The number of piperidine rings is 1. The molecule has 1 aliphatic heterocycles. The Morgan fingerprint density at radius 3 is 2.67 bits per heavy atom. The predicted molar refractivity (Wildman–Crippen MR) is 134 cm³/mol. The van der Waals surface area contributed by atoms with E-state index >= 15 is 0 Å². The highest BCUT2D eigenvalue weighted by Gasteiger charge is 2.34. The number of H-pyrrole nitrogens is 1. The molecule has 2 amide bonds. The molecule has 0 spiro atoms. The van der Waals surface area contributed by atoms with E-state index in [1.807, 2.05) is 18.7 Å². The zero-order valence-corrected chi connectivity index (χ0v) is 22.2. The Hall–Kier alpha value is -2.74. The van der Waals surface area contributed by atoms with Crippen molar-refractivity contribution in [1.29, 1.82) is 0 Å². The number of aromatic carboxylic acids is 1. The number of hydrogen-bond donors (Lipinski definition) is 4. The molecule has 198 valence electrons. The highest BCUT2D eigenvalue weighted by Crippen LogP contribution is 2.30. The maximum Gasteiger partial charge on any atom is 0.348 e. The maximum absolute atomic E-state index is 12.8. The van der Waals surface area contributed by atoms with Gasteiger partial charge in [-0.3, -0.25) is 9.59 Å². The molecule has 3 atom stereocenters. The van der Waals surface area contributed by atoms with Crippen molar-refractivity contribution in [2.45, 2.75) is 51.8 Å². The molecule has 0 aromatic carbocycles. The third-order valence-electron chi connectivity index (χ3n) is 5.64. The number of carboxylic acid groups (broad SMARTS) is 1. The third-order valence-corrected chi connectivity index (χ3v) is 7.06. The zero-order valence-electron chi connectivity index (χ0n) is 20.6. The van der Waals surface area contributed by atoms with E-state index in [-0.39, 0.29) is 52.3 Å². The number of carbonyl (C=O) groups excluding carboxylic acids is 2. The van der Waals surface area contributed by atoms with Crippen LogP contribution in [-0.4, -0.2) is 89.4 Å². The lowest BCUT2D eigenvalue weighted by Crippen LogP contribution is -2.55. The molecule has 0 radical (unpaired) electrons. The van der Waals surface area contributed by atoms with E-state index in [1.165, 1.54) is 7.11 Å². The van der Waals surface area contributed by atoms with E-state index in [0.717, 1.165) is 11.3 Å². The Balaban J connectivity index is 1.74. The fraction of sp³-hybridized carbons (Fsp3) is 0.591. The average molecular weight is 543 g/mol. The van der Waals surface area contributed by atoms with Crippen LogP contribution in [0.3, 0.4) is 0 Å². The molecule has 1 aliphatic rings. The summed E-state index contributed by atoms with van der Waals surface area (Å²) in [4.78, 5) is 50.4. The fourth-order valence-corrected chi connectivity index (χ4v) is 5.13. The number of thiazole rings is 1. The molecule has 1 saturated heterocycles. The van der Waals surface area contributed by atoms with Gasteiger partial charge in [0.1, 0.15) is 4.88 Å². The van der Waals surface area contributed by atoms with Crippen LogP contribution in [-0.2, 0) is 15.9 Å². The second-order valence-corrected chi connectivity index (χ2v) is 9.66. The number of nitrogens with zero attached hydrogens (tertiary/aromatic N) is 3. The Bertz CT molecular complexity index is 1090. The quantitative estimate of drug-likeness (QED) is 0.333. The normalized spacial score (nSPS) is 18.6. The number of imidazole rings is 1. The number of carbonyl (C=O) groups is 3. The summed E-state index contributed by atoms with van der Waals surface area (Å²) < 4.78 is 10.9. The van der Waals surface area contributed by atoms with Crippen LogP contribution in [0.15, 0.2) is 0 Å². The van der Waals surface area contributed by atoms with Crippen molar-refractivity contribution in [3.8, 4) is 0 Å². The summed E-state index contributed by atoms with van der Waals surface area (Å²) in [6.07, 6.45) is 0.746. The monoisotopic (exact) mass is 542 g/mol. The molecule has 2 aromatic heterocycles. The topological polar surface area (TPSA) is 159 Å². The molecule has 3 heterocycles. The van der Waals surface area contributed by atoms with Gasteiger partial charge in [-0.05, 0) is 26.7 Å². The smallest absolute Gasteiger partial charge is 0.348 e. The van der Waals surface area contributed by atoms with E-state index in [1.54, 1.807) is 6.92 Å². The summed E-state index contributed by atoms with van der Waals surface area (Å²) in [5.41, 5.74) is 0.544.